The Kier molecular flexibility index (Phi) is 4.65. The highest BCUT2D eigenvalue weighted by atomic mass is 35.5. The second kappa shape index (κ2) is 6.25. The van der Waals surface area contributed by atoms with Gasteiger partial charge in [-0.15, -0.1) is 0 Å². The number of benzene rings is 2. The maximum absolute atomic E-state index is 8.88. The van der Waals surface area contributed by atoms with Gasteiger partial charge in [0, 0.05) is 0 Å². The molecule has 0 aliphatic carbocycles. The first kappa shape index (κ1) is 14.1. The summed E-state index contributed by atoms with van der Waals surface area (Å²) in [5.74, 6) is 0. The molecule has 98 valence electrons. The van der Waals surface area contributed by atoms with Gasteiger partial charge in [-0.25, -0.2) is 0 Å². The molecule has 19 heavy (non-hydrogen) atoms. The highest BCUT2D eigenvalue weighted by Gasteiger charge is 2.02. The Morgan fingerprint density at radius 2 is 1.63 bits per heavy atom. The molecule has 0 radical (unpaired) electrons. The fraction of sp³-hybridized carbons (Fsp3) is 0.125. The molecule has 3 heteroatoms. The molecule has 0 unspecified atom stereocenters. The first-order chi connectivity index (χ1) is 9.11. The van der Waals surface area contributed by atoms with Crippen molar-refractivity contribution >= 4 is 28.8 Å². The van der Waals surface area contributed by atoms with Crippen LogP contribution >= 0.6 is 23.2 Å². The second-order valence-corrected chi connectivity index (χ2v) is 5.09. The Bertz CT molecular complexity index is 601. The lowest BCUT2D eigenvalue weighted by Gasteiger charge is -2.06. The second-order valence-electron chi connectivity index (χ2n) is 4.28. The van der Waals surface area contributed by atoms with E-state index in [1.165, 1.54) is 0 Å². The molecule has 1 nitrogen and oxygen atoms in total. The average Bonchev–Trinajstić information content (AvgIpc) is 2.42. The van der Waals surface area contributed by atoms with Crippen LogP contribution in [-0.2, 0) is 0 Å². The van der Waals surface area contributed by atoms with Crippen LogP contribution in [0.5, 0.6) is 0 Å². The molecule has 0 aromatic heterocycles. The summed E-state index contributed by atoms with van der Waals surface area (Å²) >= 11 is 11.9. The summed E-state index contributed by atoms with van der Waals surface area (Å²) in [5.41, 5.74) is 4.27. The van der Waals surface area contributed by atoms with Crippen LogP contribution < -0.4 is 0 Å². The van der Waals surface area contributed by atoms with Crippen LogP contribution in [0.25, 0.3) is 16.7 Å². The topological polar surface area (TPSA) is 20.2 Å². The third-order valence-electron chi connectivity index (χ3n) is 2.99. The molecule has 2 aromatic carbocycles. The quantitative estimate of drug-likeness (QED) is 0.839. The Morgan fingerprint density at radius 3 is 2.21 bits per heavy atom. The van der Waals surface area contributed by atoms with Crippen molar-refractivity contribution in [2.24, 2.45) is 0 Å². The van der Waals surface area contributed by atoms with E-state index < -0.39 is 0 Å². The molecule has 0 fully saturated rings. The zero-order valence-electron chi connectivity index (χ0n) is 10.5. The molecule has 0 aliphatic heterocycles. The summed E-state index contributed by atoms with van der Waals surface area (Å²) in [6.07, 6.45) is 1.79. The van der Waals surface area contributed by atoms with Gasteiger partial charge in [0.05, 0.1) is 16.7 Å². The highest BCUT2D eigenvalue weighted by molar-refractivity contribution is 6.42. The molecule has 0 saturated carbocycles. The normalized spacial score (nSPS) is 11.7. The van der Waals surface area contributed by atoms with Crippen molar-refractivity contribution in [1.29, 1.82) is 0 Å². The number of allylic oxidation sites excluding steroid dienone is 1. The summed E-state index contributed by atoms with van der Waals surface area (Å²) in [7, 11) is 0. The Hall–Kier alpha value is -1.28. The van der Waals surface area contributed by atoms with Gasteiger partial charge in [-0.2, -0.15) is 0 Å². The minimum atomic E-state index is 0.0559. The van der Waals surface area contributed by atoms with E-state index >= 15 is 0 Å². The lowest BCUT2D eigenvalue weighted by atomic mass is 10.0. The summed E-state index contributed by atoms with van der Waals surface area (Å²) in [5, 5.41) is 10.00. The number of hydrogen-bond acceptors (Lipinski definition) is 1. The number of halogens is 2. The van der Waals surface area contributed by atoms with Crippen molar-refractivity contribution in [1.82, 2.24) is 0 Å². The van der Waals surface area contributed by atoms with Crippen molar-refractivity contribution in [2.45, 2.75) is 6.92 Å². The monoisotopic (exact) mass is 292 g/mol. The van der Waals surface area contributed by atoms with E-state index in [0.29, 0.717) is 10.0 Å². The minimum absolute atomic E-state index is 0.0559. The molecule has 0 atom stereocenters. The van der Waals surface area contributed by atoms with Gasteiger partial charge < -0.3 is 5.11 Å². The first-order valence-corrected chi connectivity index (χ1v) is 6.71. The Morgan fingerprint density at radius 1 is 1.00 bits per heavy atom. The highest BCUT2D eigenvalue weighted by Crippen LogP contribution is 2.29. The molecule has 0 spiro atoms. The molecule has 0 bridgehead atoms. The number of rotatable bonds is 3. The van der Waals surface area contributed by atoms with Crippen LogP contribution in [0.4, 0.5) is 0 Å². The largest absolute Gasteiger partial charge is 0.392 e. The number of aliphatic hydroxyl groups excluding tert-OH is 1. The van der Waals surface area contributed by atoms with Crippen molar-refractivity contribution in [2.75, 3.05) is 6.61 Å². The summed E-state index contributed by atoms with van der Waals surface area (Å²) in [6.45, 7) is 2.03. The third-order valence-corrected chi connectivity index (χ3v) is 3.73. The Balaban J connectivity index is 2.32. The van der Waals surface area contributed by atoms with Gasteiger partial charge in [0.1, 0.15) is 0 Å². The molecule has 0 heterocycles. The molecular weight excluding hydrogens is 279 g/mol. The van der Waals surface area contributed by atoms with E-state index in [-0.39, 0.29) is 6.61 Å². The van der Waals surface area contributed by atoms with Crippen LogP contribution in [0.2, 0.25) is 10.0 Å². The zero-order valence-corrected chi connectivity index (χ0v) is 12.0. The fourth-order valence-corrected chi connectivity index (χ4v) is 2.15. The molecule has 0 amide bonds. The molecule has 0 saturated heterocycles. The van der Waals surface area contributed by atoms with E-state index in [4.69, 9.17) is 28.3 Å². The summed E-state index contributed by atoms with van der Waals surface area (Å²) < 4.78 is 0. The maximum Gasteiger partial charge on any atom is 0.0618 e. The predicted octanol–water partition coefficient (Wildman–Crippen LogP) is 5.06. The smallest absolute Gasteiger partial charge is 0.0618 e. The lowest BCUT2D eigenvalue weighted by molar-refractivity contribution is 0.343. The standard InChI is InChI=1S/C16H14Cl2O/c1-11(8-9-19)12-2-4-13(5-3-12)14-6-7-15(17)16(18)10-14/h2-8,10,19H,9H2,1H3/b11-8-. The van der Waals surface area contributed by atoms with Crippen LogP contribution in [0.3, 0.4) is 0 Å². The van der Waals surface area contributed by atoms with E-state index in [2.05, 4.69) is 0 Å². The van der Waals surface area contributed by atoms with Gasteiger partial charge >= 0.3 is 0 Å². The van der Waals surface area contributed by atoms with Gasteiger partial charge in [-0.3, -0.25) is 0 Å². The van der Waals surface area contributed by atoms with Crippen molar-refractivity contribution in [3.63, 3.8) is 0 Å². The molecule has 2 rings (SSSR count). The van der Waals surface area contributed by atoms with Gasteiger partial charge in [-0.1, -0.05) is 59.6 Å². The van der Waals surface area contributed by atoms with Crippen LogP contribution in [0.1, 0.15) is 12.5 Å². The van der Waals surface area contributed by atoms with Gasteiger partial charge in [0.2, 0.25) is 0 Å². The van der Waals surface area contributed by atoms with E-state index in [1.807, 2.05) is 43.3 Å². The van der Waals surface area contributed by atoms with Gasteiger partial charge in [-0.05, 0) is 41.3 Å². The summed E-state index contributed by atoms with van der Waals surface area (Å²) in [6, 6.07) is 13.7. The average molecular weight is 293 g/mol. The van der Waals surface area contributed by atoms with Crippen LogP contribution in [0.15, 0.2) is 48.5 Å². The molecular formula is C16H14Cl2O. The van der Waals surface area contributed by atoms with Gasteiger partial charge in [0.25, 0.3) is 0 Å². The lowest BCUT2D eigenvalue weighted by Crippen LogP contribution is -1.84. The van der Waals surface area contributed by atoms with Gasteiger partial charge in [0.15, 0.2) is 0 Å². The number of aliphatic hydroxyl groups is 1. The third kappa shape index (κ3) is 3.38. The molecule has 1 N–H and O–H groups in total. The zero-order chi connectivity index (χ0) is 13.8. The maximum atomic E-state index is 8.88. The van der Waals surface area contributed by atoms with Crippen LogP contribution in [0, 0.1) is 0 Å². The van der Waals surface area contributed by atoms with E-state index in [1.54, 1.807) is 12.1 Å². The van der Waals surface area contributed by atoms with E-state index in [9.17, 15) is 0 Å². The fourth-order valence-electron chi connectivity index (χ4n) is 1.86. The molecule has 0 aliphatic rings. The van der Waals surface area contributed by atoms with Crippen LogP contribution in [-0.4, -0.2) is 11.7 Å². The van der Waals surface area contributed by atoms with E-state index in [0.717, 1.165) is 22.3 Å². The summed E-state index contributed by atoms with van der Waals surface area (Å²) in [4.78, 5) is 0. The first-order valence-electron chi connectivity index (χ1n) is 5.95. The van der Waals surface area contributed by atoms with Crippen molar-refractivity contribution in [3.05, 3.63) is 64.1 Å². The Labute approximate surface area is 123 Å². The minimum Gasteiger partial charge on any atom is -0.392 e. The molecule has 2 aromatic rings. The van der Waals surface area contributed by atoms with Crippen molar-refractivity contribution < 1.29 is 5.11 Å². The van der Waals surface area contributed by atoms with Crippen molar-refractivity contribution in [3.8, 4) is 11.1 Å². The SMILES string of the molecule is C/C(=C/CO)c1ccc(-c2ccc(Cl)c(Cl)c2)cc1. The number of hydrogen-bond donors (Lipinski definition) is 1. The predicted molar refractivity (Wildman–Crippen MR) is 82.6 cm³/mol.